The zero-order chi connectivity index (χ0) is 55.9. The van der Waals surface area contributed by atoms with E-state index in [1.54, 1.807) is 45.0 Å². The molecule has 4 saturated heterocycles. The number of hydrogen-bond acceptors (Lipinski definition) is 16. The number of imide groups is 1. The van der Waals surface area contributed by atoms with Crippen molar-refractivity contribution in [1.29, 1.82) is 0 Å². The van der Waals surface area contributed by atoms with Gasteiger partial charge < -0.3 is 62.2 Å². The van der Waals surface area contributed by atoms with Crippen LogP contribution < -0.4 is 5.32 Å². The van der Waals surface area contributed by atoms with Gasteiger partial charge in [-0.3, -0.25) is 24.1 Å². The van der Waals surface area contributed by atoms with Crippen LogP contribution in [-0.4, -0.2) is 135 Å². The van der Waals surface area contributed by atoms with Crippen molar-refractivity contribution in [3.63, 3.8) is 0 Å². The number of carbonyl (C=O) groups excluding carboxylic acids is 4. The van der Waals surface area contributed by atoms with E-state index in [1.165, 1.54) is 14.0 Å². The zero-order valence-electron chi connectivity index (χ0n) is 45.7. The van der Waals surface area contributed by atoms with Gasteiger partial charge in [-0.1, -0.05) is 133 Å². The monoisotopic (exact) mass is 1100 g/mol. The number of benzene rings is 5. The number of fused-ring (bicyclic) bond motifs is 2. The highest BCUT2D eigenvalue weighted by Crippen LogP contribution is 2.42. The Hall–Kier alpha value is -6.26. The van der Waals surface area contributed by atoms with Crippen molar-refractivity contribution in [2.24, 2.45) is 5.41 Å². The largest absolute Gasteiger partial charge is 0.456 e. The van der Waals surface area contributed by atoms with Crippen LogP contribution in [0.25, 0.3) is 0 Å². The molecule has 0 saturated carbocycles. The molecule has 15 atom stereocenters. The first kappa shape index (κ1) is 57.0. The van der Waals surface area contributed by atoms with E-state index in [-0.39, 0.29) is 50.6 Å². The quantitative estimate of drug-likeness (QED) is 0.0626. The van der Waals surface area contributed by atoms with Crippen LogP contribution in [0.5, 0.6) is 0 Å². The second kappa shape index (κ2) is 25.7. The molecule has 5 aliphatic rings. The number of nitrogens with zero attached hydrogens (tertiary/aromatic N) is 1. The molecule has 3 amide bonds. The molecule has 10 rings (SSSR count). The van der Waals surface area contributed by atoms with Gasteiger partial charge in [0.2, 0.25) is 5.91 Å². The van der Waals surface area contributed by atoms with Crippen molar-refractivity contribution >= 4 is 23.7 Å². The maximum atomic E-state index is 14.6. The molecule has 0 unspecified atom stereocenters. The average Bonchev–Trinajstić information content (AvgIpc) is 3.74. The number of methoxy groups -OCH3 is 1. The first-order valence-corrected chi connectivity index (χ1v) is 27.2. The molecular weight excluding hydrogens is 1030 g/mol. The van der Waals surface area contributed by atoms with E-state index in [4.69, 9.17) is 56.8 Å². The van der Waals surface area contributed by atoms with Crippen LogP contribution in [0.3, 0.4) is 0 Å². The van der Waals surface area contributed by atoms with E-state index in [1.807, 2.05) is 128 Å². The number of nitrogens with one attached hydrogen (secondary N) is 1. The van der Waals surface area contributed by atoms with Crippen molar-refractivity contribution in [1.82, 2.24) is 10.2 Å². The molecule has 0 aromatic heterocycles. The van der Waals surface area contributed by atoms with Crippen LogP contribution in [0.1, 0.15) is 90.3 Å². The van der Waals surface area contributed by atoms with Crippen molar-refractivity contribution < 1.29 is 76.0 Å². The highest BCUT2D eigenvalue weighted by Gasteiger charge is 2.59. The Morgan fingerprint density at radius 3 is 1.79 bits per heavy atom. The Kier molecular flexibility index (Phi) is 18.3. The predicted molar refractivity (Wildman–Crippen MR) is 287 cm³/mol. The Bertz CT molecular complexity index is 2820. The summed E-state index contributed by atoms with van der Waals surface area (Å²) in [7, 11) is 1.43. The Labute approximate surface area is 466 Å². The number of hydrogen-bond donors (Lipinski definition) is 1. The van der Waals surface area contributed by atoms with Crippen molar-refractivity contribution in [3.8, 4) is 0 Å². The van der Waals surface area contributed by atoms with Crippen LogP contribution in [0.15, 0.2) is 146 Å². The van der Waals surface area contributed by atoms with Crippen LogP contribution in [0.4, 0.5) is 0 Å². The van der Waals surface area contributed by atoms with Gasteiger partial charge in [0.1, 0.15) is 48.7 Å². The molecule has 1 N–H and O–H groups in total. The number of esters is 1. The Balaban J connectivity index is 1.04. The van der Waals surface area contributed by atoms with Crippen LogP contribution in [0.2, 0.25) is 0 Å². The molecule has 18 nitrogen and oxygen atoms in total. The molecule has 0 aliphatic carbocycles. The predicted octanol–water partition coefficient (Wildman–Crippen LogP) is 7.62. The average molecular weight is 1100 g/mol. The van der Waals surface area contributed by atoms with Crippen molar-refractivity contribution in [3.05, 3.63) is 179 Å². The summed E-state index contributed by atoms with van der Waals surface area (Å²) in [4.78, 5) is 57.9. The molecule has 4 fully saturated rings. The molecule has 80 heavy (non-hydrogen) atoms. The van der Waals surface area contributed by atoms with E-state index in [0.717, 1.165) is 27.2 Å². The smallest absolute Gasteiger partial charge is 0.311 e. The molecule has 424 valence electrons. The summed E-state index contributed by atoms with van der Waals surface area (Å²) in [5.41, 5.74) is 2.86. The Morgan fingerprint density at radius 1 is 0.637 bits per heavy atom. The maximum absolute atomic E-state index is 14.6. The van der Waals surface area contributed by atoms with E-state index >= 15 is 0 Å². The third-order valence-corrected chi connectivity index (χ3v) is 14.8. The molecule has 0 bridgehead atoms. The summed E-state index contributed by atoms with van der Waals surface area (Å²) < 4.78 is 80.4. The first-order chi connectivity index (χ1) is 38.7. The van der Waals surface area contributed by atoms with Gasteiger partial charge in [-0.05, 0) is 56.5 Å². The van der Waals surface area contributed by atoms with Gasteiger partial charge in [0.25, 0.3) is 11.8 Å². The molecule has 0 radical (unpaired) electrons. The van der Waals surface area contributed by atoms with Crippen molar-refractivity contribution in [2.75, 3.05) is 20.3 Å². The summed E-state index contributed by atoms with van der Waals surface area (Å²) in [6.45, 7) is 8.85. The van der Waals surface area contributed by atoms with Gasteiger partial charge in [-0.25, -0.2) is 0 Å². The maximum Gasteiger partial charge on any atom is 0.311 e. The molecule has 5 heterocycles. The van der Waals surface area contributed by atoms with Gasteiger partial charge in [0.05, 0.1) is 61.8 Å². The van der Waals surface area contributed by atoms with E-state index in [2.05, 4.69) is 5.32 Å². The minimum absolute atomic E-state index is 0.000630. The second-order valence-corrected chi connectivity index (χ2v) is 21.7. The number of rotatable bonds is 19. The number of amides is 3. The molecule has 5 aromatic rings. The van der Waals surface area contributed by atoms with E-state index < -0.39 is 121 Å². The Morgan fingerprint density at radius 2 is 1.20 bits per heavy atom. The van der Waals surface area contributed by atoms with Gasteiger partial charge in [0.15, 0.2) is 31.3 Å². The fraction of sp³-hybridized carbons (Fsp3) is 0.452. The van der Waals surface area contributed by atoms with Gasteiger partial charge in [-0.2, -0.15) is 0 Å². The van der Waals surface area contributed by atoms with Crippen LogP contribution in [-0.2, 0) is 86.3 Å². The van der Waals surface area contributed by atoms with Crippen LogP contribution >= 0.6 is 0 Å². The number of ether oxygens (including phenoxy) is 12. The molecule has 5 aliphatic heterocycles. The lowest BCUT2D eigenvalue weighted by Gasteiger charge is -2.53. The number of carbonyl (C=O) groups is 4. The van der Waals surface area contributed by atoms with Gasteiger partial charge in [-0.15, -0.1) is 0 Å². The summed E-state index contributed by atoms with van der Waals surface area (Å²) in [5, 5.41) is 3.07. The lowest BCUT2D eigenvalue weighted by Crippen LogP contribution is -2.71. The third kappa shape index (κ3) is 13.1. The molecule has 18 heteroatoms. The molecule has 0 spiro atoms. The summed E-state index contributed by atoms with van der Waals surface area (Å²) in [5.74, 6) is -2.12. The highest BCUT2D eigenvalue weighted by atomic mass is 16.8. The fourth-order valence-electron chi connectivity index (χ4n) is 10.7. The van der Waals surface area contributed by atoms with Gasteiger partial charge in [0, 0.05) is 26.0 Å². The van der Waals surface area contributed by atoms with Crippen molar-refractivity contribution in [2.45, 2.75) is 153 Å². The van der Waals surface area contributed by atoms with Gasteiger partial charge >= 0.3 is 5.97 Å². The molecular formula is C62H70N2O16. The SMILES string of the molecule is CO[C@@H]1O[C@H](COCc2ccccc2)[C@@H](O[C@@H]2O[C@@H]3CO[C@H](c4ccccc4)O[C@@H]3[C@H](O[C@@H]3O[C@H](C)[C@@H](OCc4ccccc4)C[C@H]3OC(=O)C(C)(C)C)[C@H]2NC(C)=O)[C@H](OCc2ccccc2)[C@H]1N1C(=O)c2ccccc2C1=O. The lowest BCUT2D eigenvalue weighted by atomic mass is 9.92. The fourth-order valence-corrected chi connectivity index (χ4v) is 10.7. The standard InChI is InChI=1S/C62H70N2O16/c1-37-45(71-33-40-23-13-8-14-24-40)31-46(77-61(68)62(3,4)5)58(74-37)80-53-49(63-38(2)65)59(75-48-36-73-57(78-51(48)53)42-27-17-10-18-28-42)79-52-47(35-70-32-39-21-11-7-12-22-39)76-60(69-6)50(54(52)72-34-41-25-15-9-16-26-41)64-55(66)43-29-19-20-30-44(43)56(64)67/h7-30,37,45-54,57-60H,31-36H2,1-6H3,(H,63,65)/t37-,45+,46-,47-,48-,49-,50-,51+,52-,53-,54-,57+,58+,59+,60-/m1/s1. The van der Waals surface area contributed by atoms with E-state index in [0.29, 0.717) is 0 Å². The minimum Gasteiger partial charge on any atom is -0.456 e. The summed E-state index contributed by atoms with van der Waals surface area (Å²) in [6, 6.07) is 42.2. The topological polar surface area (TPSA) is 194 Å². The third-order valence-electron chi connectivity index (χ3n) is 14.8. The lowest BCUT2D eigenvalue weighted by molar-refractivity contribution is -0.387. The summed E-state index contributed by atoms with van der Waals surface area (Å²) >= 11 is 0. The minimum atomic E-state index is -1.43. The first-order valence-electron chi connectivity index (χ1n) is 27.2. The zero-order valence-corrected chi connectivity index (χ0v) is 45.7. The van der Waals surface area contributed by atoms with Crippen LogP contribution in [0, 0.1) is 5.41 Å². The molecule has 5 aromatic carbocycles. The summed E-state index contributed by atoms with van der Waals surface area (Å²) in [6.07, 6.45) is -13.3. The second-order valence-electron chi connectivity index (χ2n) is 21.7. The highest BCUT2D eigenvalue weighted by molar-refractivity contribution is 6.21. The van der Waals surface area contributed by atoms with E-state index in [9.17, 15) is 19.2 Å². The normalized spacial score (nSPS) is 30.5.